The zero-order valence-corrected chi connectivity index (χ0v) is 13.2. The summed E-state index contributed by atoms with van der Waals surface area (Å²) in [5, 5.41) is 3.17. The third kappa shape index (κ3) is 4.60. The van der Waals surface area contributed by atoms with E-state index in [1.807, 2.05) is 18.8 Å². The monoisotopic (exact) mass is 307 g/mol. The Bertz CT molecular complexity index is 361. The van der Waals surface area contributed by atoms with E-state index in [4.69, 9.17) is 0 Å². The predicted octanol–water partition coefficient (Wildman–Crippen LogP) is 0.648. The summed E-state index contributed by atoms with van der Waals surface area (Å²) in [6, 6.07) is 0.124. The fraction of sp³-hybridized carbons (Fsp3) is 1.00. The van der Waals surface area contributed by atoms with E-state index in [1.54, 1.807) is 4.31 Å². The summed E-state index contributed by atoms with van der Waals surface area (Å²) in [6.45, 7) is 2.30. The van der Waals surface area contributed by atoms with Crippen LogP contribution in [0.15, 0.2) is 0 Å². The van der Waals surface area contributed by atoms with Crippen molar-refractivity contribution in [1.29, 1.82) is 0 Å². The van der Waals surface area contributed by atoms with Crippen LogP contribution in [-0.2, 0) is 10.2 Å². The Morgan fingerprint density at radius 3 is 2.58 bits per heavy atom. The molecule has 19 heavy (non-hydrogen) atoms. The minimum Gasteiger partial charge on any atom is -0.319 e. The lowest BCUT2D eigenvalue weighted by atomic mass is 9.98. The van der Waals surface area contributed by atoms with Gasteiger partial charge in [0, 0.05) is 24.9 Å². The van der Waals surface area contributed by atoms with E-state index in [1.165, 1.54) is 0 Å². The van der Waals surface area contributed by atoms with Crippen LogP contribution in [0.4, 0.5) is 0 Å². The summed E-state index contributed by atoms with van der Waals surface area (Å²) in [5.41, 5.74) is 0. The Balaban J connectivity index is 1.83. The van der Waals surface area contributed by atoms with Crippen molar-refractivity contribution in [2.24, 2.45) is 5.92 Å². The van der Waals surface area contributed by atoms with Crippen LogP contribution < -0.4 is 10.0 Å². The van der Waals surface area contributed by atoms with E-state index < -0.39 is 10.2 Å². The molecule has 1 atom stereocenters. The van der Waals surface area contributed by atoms with Crippen LogP contribution in [0.5, 0.6) is 0 Å². The Labute approximate surface area is 121 Å². The van der Waals surface area contributed by atoms with Gasteiger partial charge in [-0.25, -0.2) is 0 Å². The van der Waals surface area contributed by atoms with Crippen LogP contribution in [0.3, 0.4) is 0 Å². The second-order valence-electron chi connectivity index (χ2n) is 5.44. The van der Waals surface area contributed by atoms with Gasteiger partial charge < -0.3 is 5.32 Å². The molecule has 2 heterocycles. The molecule has 0 aromatic rings. The quantitative estimate of drug-likeness (QED) is 0.783. The van der Waals surface area contributed by atoms with Crippen molar-refractivity contribution in [2.75, 3.05) is 38.2 Å². The first-order valence-corrected chi connectivity index (χ1v) is 9.71. The zero-order valence-electron chi connectivity index (χ0n) is 11.6. The summed E-state index contributed by atoms with van der Waals surface area (Å²) in [6.07, 6.45) is 4.01. The van der Waals surface area contributed by atoms with Crippen molar-refractivity contribution >= 4 is 22.0 Å². The fourth-order valence-electron chi connectivity index (χ4n) is 2.76. The minimum atomic E-state index is -3.27. The molecule has 0 bridgehead atoms. The Kier molecular flexibility index (Phi) is 5.95. The van der Waals surface area contributed by atoms with Crippen molar-refractivity contribution in [3.05, 3.63) is 0 Å². The number of rotatable bonds is 5. The molecule has 7 heteroatoms. The normalized spacial score (nSPS) is 27.5. The maximum Gasteiger partial charge on any atom is 0.279 e. The predicted molar refractivity (Wildman–Crippen MR) is 80.6 cm³/mol. The topological polar surface area (TPSA) is 61.4 Å². The molecule has 2 rings (SSSR count). The van der Waals surface area contributed by atoms with Gasteiger partial charge >= 0.3 is 0 Å². The van der Waals surface area contributed by atoms with Gasteiger partial charge in [0.05, 0.1) is 0 Å². The van der Waals surface area contributed by atoms with Gasteiger partial charge in [-0.1, -0.05) is 0 Å². The maximum absolute atomic E-state index is 12.3. The molecule has 2 aliphatic heterocycles. The third-order valence-electron chi connectivity index (χ3n) is 3.88. The van der Waals surface area contributed by atoms with Crippen LogP contribution in [0.2, 0.25) is 0 Å². The van der Waals surface area contributed by atoms with Crippen LogP contribution in [-0.4, -0.2) is 57.0 Å². The number of nitrogens with one attached hydrogen (secondary N) is 2. The van der Waals surface area contributed by atoms with Gasteiger partial charge in [-0.2, -0.15) is 29.2 Å². The Morgan fingerprint density at radius 1 is 1.26 bits per heavy atom. The standard InChI is InChI=1S/C12H25N3O2S2/c1-13-9-11-4-6-15(7-5-11)19(16,17)14-12-3-2-8-18-10-12/h11-14H,2-10H2,1H3. The van der Waals surface area contributed by atoms with Crippen molar-refractivity contribution in [3.8, 4) is 0 Å². The van der Waals surface area contributed by atoms with Gasteiger partial charge in [-0.05, 0) is 50.9 Å². The van der Waals surface area contributed by atoms with E-state index in [0.29, 0.717) is 19.0 Å². The summed E-state index contributed by atoms with van der Waals surface area (Å²) < 4.78 is 29.1. The summed E-state index contributed by atoms with van der Waals surface area (Å²) in [4.78, 5) is 0. The first kappa shape index (κ1) is 15.6. The molecule has 0 aromatic heterocycles. The van der Waals surface area contributed by atoms with E-state index in [0.717, 1.165) is 43.7 Å². The average Bonchev–Trinajstić information content (AvgIpc) is 2.40. The fourth-order valence-corrected chi connectivity index (χ4v) is 5.40. The molecule has 0 spiro atoms. The lowest BCUT2D eigenvalue weighted by Gasteiger charge is -2.33. The highest BCUT2D eigenvalue weighted by Gasteiger charge is 2.29. The van der Waals surface area contributed by atoms with Crippen LogP contribution in [0.25, 0.3) is 0 Å². The van der Waals surface area contributed by atoms with Gasteiger partial charge in [-0.15, -0.1) is 0 Å². The maximum atomic E-state index is 12.3. The van der Waals surface area contributed by atoms with Gasteiger partial charge in [0.15, 0.2) is 0 Å². The molecule has 112 valence electrons. The molecular formula is C12H25N3O2S2. The second kappa shape index (κ2) is 7.26. The smallest absolute Gasteiger partial charge is 0.279 e. The SMILES string of the molecule is CNCC1CCN(S(=O)(=O)NC2CCCSC2)CC1. The summed E-state index contributed by atoms with van der Waals surface area (Å²) >= 11 is 1.84. The number of hydrogen-bond acceptors (Lipinski definition) is 4. The first-order chi connectivity index (χ1) is 9.12. The minimum absolute atomic E-state index is 0.124. The second-order valence-corrected chi connectivity index (χ2v) is 8.29. The molecule has 2 saturated heterocycles. The van der Waals surface area contributed by atoms with Gasteiger partial charge in [0.2, 0.25) is 0 Å². The molecule has 0 aromatic carbocycles. The molecule has 2 N–H and O–H groups in total. The van der Waals surface area contributed by atoms with Gasteiger partial charge in [-0.3, -0.25) is 0 Å². The van der Waals surface area contributed by atoms with E-state index in [-0.39, 0.29) is 6.04 Å². The van der Waals surface area contributed by atoms with Crippen molar-refractivity contribution in [1.82, 2.24) is 14.3 Å². The third-order valence-corrected chi connectivity index (χ3v) is 6.77. The van der Waals surface area contributed by atoms with Crippen molar-refractivity contribution < 1.29 is 8.42 Å². The molecule has 1 unspecified atom stereocenters. The summed E-state index contributed by atoms with van der Waals surface area (Å²) in [7, 11) is -1.32. The molecule has 5 nitrogen and oxygen atoms in total. The average molecular weight is 307 g/mol. The zero-order chi connectivity index (χ0) is 13.7. The molecule has 2 aliphatic rings. The van der Waals surface area contributed by atoms with E-state index in [2.05, 4.69) is 10.0 Å². The largest absolute Gasteiger partial charge is 0.319 e. The number of piperidine rings is 1. The summed E-state index contributed by atoms with van der Waals surface area (Å²) in [5.74, 6) is 2.69. The van der Waals surface area contributed by atoms with Gasteiger partial charge in [0.25, 0.3) is 10.2 Å². The molecule has 0 aliphatic carbocycles. The van der Waals surface area contributed by atoms with Crippen molar-refractivity contribution in [2.45, 2.75) is 31.7 Å². The van der Waals surface area contributed by atoms with Crippen molar-refractivity contribution in [3.63, 3.8) is 0 Å². The number of nitrogens with zero attached hydrogens (tertiary/aromatic N) is 1. The van der Waals surface area contributed by atoms with Crippen LogP contribution >= 0.6 is 11.8 Å². The highest BCUT2D eigenvalue weighted by molar-refractivity contribution is 7.99. The molecule has 2 fully saturated rings. The van der Waals surface area contributed by atoms with E-state index >= 15 is 0 Å². The highest BCUT2D eigenvalue weighted by atomic mass is 32.2. The lowest BCUT2D eigenvalue weighted by molar-refractivity contribution is 0.267. The van der Waals surface area contributed by atoms with Gasteiger partial charge in [0.1, 0.15) is 0 Å². The molecular weight excluding hydrogens is 282 g/mol. The number of hydrogen-bond donors (Lipinski definition) is 2. The van der Waals surface area contributed by atoms with Crippen LogP contribution in [0, 0.1) is 5.92 Å². The highest BCUT2D eigenvalue weighted by Crippen LogP contribution is 2.21. The van der Waals surface area contributed by atoms with E-state index in [9.17, 15) is 8.42 Å². The number of thioether (sulfide) groups is 1. The first-order valence-electron chi connectivity index (χ1n) is 7.11. The Morgan fingerprint density at radius 2 is 2.00 bits per heavy atom. The molecule has 0 radical (unpaired) electrons. The molecule has 0 saturated carbocycles. The molecule has 0 amide bonds. The lowest BCUT2D eigenvalue weighted by Crippen LogP contribution is -2.50. The van der Waals surface area contributed by atoms with Crippen LogP contribution in [0.1, 0.15) is 25.7 Å². The Hall–Kier alpha value is 0.180.